The Morgan fingerprint density at radius 3 is 2.52 bits per heavy atom. The molecule has 1 aromatic heterocycles. The fraction of sp³-hybridized carbons (Fsp3) is 0.364. The highest BCUT2D eigenvalue weighted by Gasteiger charge is 2.27. The Bertz CT molecular complexity index is 955. The number of phenolic OH excluding ortho intramolecular Hbond substituents is 1. The van der Waals surface area contributed by atoms with Crippen LogP contribution in [0, 0.1) is 6.92 Å². The molecule has 4 rings (SSSR count). The zero-order valence-electron chi connectivity index (χ0n) is 15.7. The Balaban J connectivity index is 1.92. The van der Waals surface area contributed by atoms with E-state index in [1.807, 2.05) is 17.2 Å². The Kier molecular flexibility index (Phi) is 4.81. The van der Waals surface area contributed by atoms with Crippen molar-refractivity contribution >= 4 is 27.4 Å². The van der Waals surface area contributed by atoms with Gasteiger partial charge in [0.15, 0.2) is 0 Å². The molecule has 0 bridgehead atoms. The summed E-state index contributed by atoms with van der Waals surface area (Å²) in [5, 5.41) is 10.1. The van der Waals surface area contributed by atoms with E-state index in [1.54, 1.807) is 13.0 Å². The van der Waals surface area contributed by atoms with Gasteiger partial charge in [0, 0.05) is 41.8 Å². The van der Waals surface area contributed by atoms with Crippen LogP contribution in [0.3, 0.4) is 0 Å². The van der Waals surface area contributed by atoms with Crippen molar-refractivity contribution in [2.75, 3.05) is 13.1 Å². The van der Waals surface area contributed by atoms with E-state index < -0.39 is 0 Å². The molecule has 4 nitrogen and oxygen atoms in total. The van der Waals surface area contributed by atoms with Gasteiger partial charge in [0.05, 0.1) is 5.69 Å². The van der Waals surface area contributed by atoms with Crippen LogP contribution in [-0.4, -0.2) is 34.0 Å². The van der Waals surface area contributed by atoms with Crippen LogP contribution in [0.1, 0.15) is 47.7 Å². The highest BCUT2D eigenvalue weighted by Crippen LogP contribution is 2.42. The molecule has 2 aromatic rings. The van der Waals surface area contributed by atoms with Gasteiger partial charge in [-0.1, -0.05) is 27.6 Å². The Hall–Kier alpha value is -2.14. The minimum Gasteiger partial charge on any atom is -0.508 e. The van der Waals surface area contributed by atoms with E-state index in [9.17, 15) is 9.90 Å². The second-order valence-electron chi connectivity index (χ2n) is 7.47. The first kappa shape index (κ1) is 18.2. The van der Waals surface area contributed by atoms with Gasteiger partial charge in [0.1, 0.15) is 5.75 Å². The second-order valence-corrected chi connectivity index (χ2v) is 8.32. The zero-order valence-corrected chi connectivity index (χ0v) is 17.3. The van der Waals surface area contributed by atoms with Gasteiger partial charge in [-0.3, -0.25) is 9.78 Å². The Morgan fingerprint density at radius 2 is 1.81 bits per heavy atom. The molecule has 0 unspecified atom stereocenters. The lowest BCUT2D eigenvalue weighted by atomic mass is 9.88. The summed E-state index contributed by atoms with van der Waals surface area (Å²) in [5.41, 5.74) is 8.30. The topological polar surface area (TPSA) is 53.4 Å². The lowest BCUT2D eigenvalue weighted by Gasteiger charge is -2.29. The number of nitrogens with zero attached hydrogens (tertiary/aromatic N) is 2. The zero-order chi connectivity index (χ0) is 19.1. The summed E-state index contributed by atoms with van der Waals surface area (Å²) in [4.78, 5) is 18.5. The van der Waals surface area contributed by atoms with Gasteiger partial charge in [0.2, 0.25) is 5.91 Å². The first-order valence-corrected chi connectivity index (χ1v) is 10.2. The second kappa shape index (κ2) is 7.12. The number of carbonyl (C=O) groups excluding carboxylic acids is 1. The molecule has 0 radical (unpaired) electrons. The van der Waals surface area contributed by atoms with Gasteiger partial charge in [-0.25, -0.2) is 0 Å². The highest BCUT2D eigenvalue weighted by molar-refractivity contribution is 9.10. The van der Waals surface area contributed by atoms with Crippen LogP contribution in [0.2, 0.25) is 0 Å². The maximum absolute atomic E-state index is 11.7. The van der Waals surface area contributed by atoms with E-state index in [0.717, 1.165) is 65.6 Å². The minimum absolute atomic E-state index is 0.139. The number of benzene rings is 1. The molecular weight excluding hydrogens is 404 g/mol. The molecule has 1 fully saturated rings. The van der Waals surface area contributed by atoms with Crippen molar-refractivity contribution < 1.29 is 9.90 Å². The molecule has 1 saturated heterocycles. The van der Waals surface area contributed by atoms with Crippen molar-refractivity contribution in [2.45, 2.75) is 39.5 Å². The summed E-state index contributed by atoms with van der Waals surface area (Å²) in [6.45, 7) is 5.21. The van der Waals surface area contributed by atoms with Crippen LogP contribution in [0.4, 0.5) is 0 Å². The molecule has 5 heteroatoms. The van der Waals surface area contributed by atoms with Gasteiger partial charge in [0.25, 0.3) is 0 Å². The SMILES string of the molecule is CC(=O)N1CCC(=C2c3ncc(C)cc3CCc3cc(O)cc(Br)c32)CC1. The Labute approximate surface area is 168 Å². The van der Waals surface area contributed by atoms with Crippen LogP contribution in [0.5, 0.6) is 5.75 Å². The van der Waals surface area contributed by atoms with E-state index in [2.05, 4.69) is 28.9 Å². The summed E-state index contributed by atoms with van der Waals surface area (Å²) in [6, 6.07) is 5.88. The number of amides is 1. The van der Waals surface area contributed by atoms with Gasteiger partial charge in [-0.2, -0.15) is 0 Å². The van der Waals surface area contributed by atoms with Gasteiger partial charge in [-0.05, 0) is 61.4 Å². The molecule has 1 N–H and O–H groups in total. The maximum atomic E-state index is 11.7. The number of pyridine rings is 1. The van der Waals surface area contributed by atoms with Gasteiger partial charge in [-0.15, -0.1) is 0 Å². The normalized spacial score (nSPS) is 16.6. The molecule has 1 aliphatic carbocycles. The van der Waals surface area contributed by atoms with E-state index in [1.165, 1.54) is 16.7 Å². The number of aromatic hydroxyl groups is 1. The van der Waals surface area contributed by atoms with E-state index in [4.69, 9.17) is 4.98 Å². The van der Waals surface area contributed by atoms with Crippen molar-refractivity contribution in [1.29, 1.82) is 0 Å². The van der Waals surface area contributed by atoms with Crippen molar-refractivity contribution in [3.05, 3.63) is 62.4 Å². The van der Waals surface area contributed by atoms with Crippen molar-refractivity contribution in [2.24, 2.45) is 0 Å². The number of carbonyl (C=O) groups is 1. The number of likely N-dealkylation sites (tertiary alicyclic amines) is 1. The summed E-state index contributed by atoms with van der Waals surface area (Å²) < 4.78 is 0.907. The molecule has 140 valence electrons. The number of hydrogen-bond donors (Lipinski definition) is 1. The van der Waals surface area contributed by atoms with Gasteiger partial charge < -0.3 is 10.0 Å². The summed E-state index contributed by atoms with van der Waals surface area (Å²) in [5.74, 6) is 0.423. The number of phenols is 1. The van der Waals surface area contributed by atoms with Crippen molar-refractivity contribution in [3.8, 4) is 5.75 Å². The number of aryl methyl sites for hydroxylation is 3. The predicted octanol–water partition coefficient (Wildman–Crippen LogP) is 4.40. The number of fused-ring (bicyclic) bond motifs is 2. The van der Waals surface area contributed by atoms with E-state index in [-0.39, 0.29) is 11.7 Å². The number of piperidine rings is 1. The maximum Gasteiger partial charge on any atom is 0.219 e. The number of hydrogen-bond acceptors (Lipinski definition) is 3. The molecular formula is C22H23BrN2O2. The molecule has 2 heterocycles. The smallest absolute Gasteiger partial charge is 0.219 e. The average molecular weight is 427 g/mol. The fourth-order valence-electron chi connectivity index (χ4n) is 4.24. The lowest BCUT2D eigenvalue weighted by molar-refractivity contribution is -0.129. The fourth-order valence-corrected chi connectivity index (χ4v) is 4.93. The van der Waals surface area contributed by atoms with E-state index >= 15 is 0 Å². The summed E-state index contributed by atoms with van der Waals surface area (Å²) in [6.07, 6.45) is 5.43. The minimum atomic E-state index is 0.139. The standard InChI is InChI=1S/C22H23BrN2O2/c1-13-9-17-4-3-16-10-18(27)11-19(23)20(16)21(22(17)24-12-13)15-5-7-25(8-6-15)14(2)26/h9-12,27H,3-8H2,1-2H3. The van der Waals surface area contributed by atoms with Gasteiger partial charge >= 0.3 is 0 Å². The summed E-state index contributed by atoms with van der Waals surface area (Å²) in [7, 11) is 0. The largest absolute Gasteiger partial charge is 0.508 e. The average Bonchev–Trinajstić information content (AvgIpc) is 2.78. The molecule has 0 atom stereocenters. The highest BCUT2D eigenvalue weighted by atomic mass is 79.9. The van der Waals surface area contributed by atoms with Crippen molar-refractivity contribution in [1.82, 2.24) is 9.88 Å². The van der Waals surface area contributed by atoms with Crippen LogP contribution >= 0.6 is 15.9 Å². The molecule has 0 saturated carbocycles. The first-order valence-electron chi connectivity index (χ1n) is 9.39. The third-order valence-corrected chi connectivity index (χ3v) is 6.20. The molecule has 1 amide bonds. The molecule has 27 heavy (non-hydrogen) atoms. The predicted molar refractivity (Wildman–Crippen MR) is 110 cm³/mol. The molecule has 1 aliphatic heterocycles. The number of halogens is 1. The lowest BCUT2D eigenvalue weighted by Crippen LogP contribution is -2.34. The van der Waals surface area contributed by atoms with E-state index in [0.29, 0.717) is 0 Å². The third-order valence-electron chi connectivity index (χ3n) is 5.58. The molecule has 2 aliphatic rings. The third kappa shape index (κ3) is 3.41. The van der Waals surface area contributed by atoms with Crippen LogP contribution in [0.15, 0.2) is 34.4 Å². The number of aromatic nitrogens is 1. The molecule has 0 spiro atoms. The Morgan fingerprint density at radius 1 is 1.11 bits per heavy atom. The first-order chi connectivity index (χ1) is 12.9. The molecule has 1 aromatic carbocycles. The van der Waals surface area contributed by atoms with Crippen LogP contribution in [0.25, 0.3) is 5.57 Å². The monoisotopic (exact) mass is 426 g/mol. The van der Waals surface area contributed by atoms with Crippen molar-refractivity contribution in [3.63, 3.8) is 0 Å². The summed E-state index contributed by atoms with van der Waals surface area (Å²) >= 11 is 3.69. The van der Waals surface area contributed by atoms with Crippen LogP contribution in [-0.2, 0) is 17.6 Å². The quantitative estimate of drug-likeness (QED) is 0.678. The van der Waals surface area contributed by atoms with Crippen LogP contribution < -0.4 is 0 Å². The number of rotatable bonds is 0.